The minimum Gasteiger partial charge on any atom is -0.463 e. The Balaban J connectivity index is 1.42. The van der Waals surface area contributed by atoms with Crippen molar-refractivity contribution in [3.05, 3.63) is 65.5 Å². The number of ether oxygens (including phenoxy) is 1. The monoisotopic (exact) mass is 613 g/mol. The SMILES string of the molecule is Nc1nc2c(-c3c(C(F)(F)F)cc4c(N5CC6CCC(C5)N6)nc(OCCc5cccnc5)nc4c3F)ccc(F)c2s1. The fourth-order valence-corrected chi connectivity index (χ4v) is 6.72. The summed E-state index contributed by atoms with van der Waals surface area (Å²) in [5.41, 5.74) is 3.89. The Morgan fingerprint density at radius 1 is 1.05 bits per heavy atom. The van der Waals surface area contributed by atoms with Gasteiger partial charge in [-0.2, -0.15) is 23.1 Å². The summed E-state index contributed by atoms with van der Waals surface area (Å²) < 4.78 is 81.0. The van der Waals surface area contributed by atoms with Gasteiger partial charge in [-0.1, -0.05) is 17.4 Å². The molecular weight excluding hydrogens is 589 g/mol. The summed E-state index contributed by atoms with van der Waals surface area (Å²) >= 11 is 0.773. The summed E-state index contributed by atoms with van der Waals surface area (Å²) in [4.78, 5) is 18.8. The van der Waals surface area contributed by atoms with Crippen LogP contribution in [0.2, 0.25) is 0 Å². The van der Waals surface area contributed by atoms with E-state index in [0.29, 0.717) is 19.5 Å². The average molecular weight is 614 g/mol. The standard InChI is InChI=1S/C29H24F5N7OS/c30-20-6-5-17(24-25(20)43-27(35)38-24)21-19(29(32,33)34)10-18-23(22(21)31)39-28(42-9-7-14-2-1-8-36-11-14)40-26(18)41-12-15-3-4-16(13-41)37-15/h1-2,5-6,8,10-11,15-16,37H,3-4,7,9,12-13H2,(H2,35,38). The number of nitrogen functional groups attached to an aromatic ring is 1. The molecular formula is C29H24F5N7OS. The lowest BCUT2D eigenvalue weighted by molar-refractivity contribution is -0.137. The third kappa shape index (κ3) is 5.07. The molecule has 2 aliphatic heterocycles. The number of fused-ring (bicyclic) bond motifs is 4. The van der Waals surface area contributed by atoms with Gasteiger partial charge >= 0.3 is 12.2 Å². The molecule has 0 saturated carbocycles. The van der Waals surface area contributed by atoms with Gasteiger partial charge in [0.1, 0.15) is 17.2 Å². The molecule has 2 atom stereocenters. The first-order valence-corrected chi connectivity index (χ1v) is 14.5. The van der Waals surface area contributed by atoms with Crippen molar-refractivity contribution in [3.63, 3.8) is 0 Å². The van der Waals surface area contributed by atoms with Gasteiger partial charge in [-0.15, -0.1) is 0 Å². The molecule has 222 valence electrons. The van der Waals surface area contributed by atoms with Crippen molar-refractivity contribution >= 4 is 43.4 Å². The van der Waals surface area contributed by atoms with Crippen molar-refractivity contribution in [1.29, 1.82) is 0 Å². The van der Waals surface area contributed by atoms with Crippen LogP contribution in [0.3, 0.4) is 0 Å². The zero-order valence-corrected chi connectivity index (χ0v) is 23.3. The van der Waals surface area contributed by atoms with Gasteiger partial charge in [-0.05, 0) is 42.7 Å². The summed E-state index contributed by atoms with van der Waals surface area (Å²) in [6, 6.07) is 6.70. The molecule has 43 heavy (non-hydrogen) atoms. The van der Waals surface area contributed by atoms with Crippen LogP contribution in [0.5, 0.6) is 6.01 Å². The fraction of sp³-hybridized carbons (Fsp3) is 0.310. The molecule has 2 aliphatic rings. The number of thiazole rings is 1. The second-order valence-electron chi connectivity index (χ2n) is 10.7. The number of aromatic nitrogens is 4. The van der Waals surface area contributed by atoms with Crippen LogP contribution < -0.4 is 20.7 Å². The lowest BCUT2D eigenvalue weighted by Crippen LogP contribution is -2.51. The number of nitrogens with zero attached hydrogens (tertiary/aromatic N) is 5. The van der Waals surface area contributed by atoms with Crippen LogP contribution in [-0.2, 0) is 12.6 Å². The second kappa shape index (κ2) is 10.5. The van der Waals surface area contributed by atoms with Crippen molar-refractivity contribution in [1.82, 2.24) is 25.3 Å². The second-order valence-corrected chi connectivity index (χ2v) is 11.7. The number of rotatable bonds is 6. The molecule has 7 rings (SSSR count). The Bertz CT molecular complexity index is 1840. The van der Waals surface area contributed by atoms with Crippen LogP contribution in [0.15, 0.2) is 42.7 Å². The molecule has 0 spiro atoms. The van der Waals surface area contributed by atoms with Crippen molar-refractivity contribution in [3.8, 4) is 17.1 Å². The Labute approximate surface area is 245 Å². The van der Waals surface area contributed by atoms with Crippen molar-refractivity contribution in [2.45, 2.75) is 37.5 Å². The molecule has 5 aromatic rings. The molecule has 2 bridgehead atoms. The zero-order chi connectivity index (χ0) is 29.9. The zero-order valence-electron chi connectivity index (χ0n) is 22.5. The van der Waals surface area contributed by atoms with Gasteiger partial charge in [0, 0.05) is 60.5 Å². The van der Waals surface area contributed by atoms with E-state index in [1.165, 1.54) is 0 Å². The fourth-order valence-electron chi connectivity index (χ4n) is 5.95. The van der Waals surface area contributed by atoms with E-state index >= 15 is 4.39 Å². The summed E-state index contributed by atoms with van der Waals surface area (Å²) in [7, 11) is 0. The Morgan fingerprint density at radius 2 is 1.84 bits per heavy atom. The highest BCUT2D eigenvalue weighted by Crippen LogP contribution is 2.46. The highest BCUT2D eigenvalue weighted by molar-refractivity contribution is 7.22. The predicted molar refractivity (Wildman–Crippen MR) is 153 cm³/mol. The maximum Gasteiger partial charge on any atom is 0.417 e. The normalized spacial score (nSPS) is 18.6. The summed E-state index contributed by atoms with van der Waals surface area (Å²) in [5.74, 6) is -1.79. The third-order valence-corrected chi connectivity index (χ3v) is 8.73. The number of benzene rings is 2. The lowest BCUT2D eigenvalue weighted by atomic mass is 9.95. The maximum atomic E-state index is 16.6. The summed E-state index contributed by atoms with van der Waals surface area (Å²) in [5, 5.41) is 3.33. The first-order valence-electron chi connectivity index (χ1n) is 13.6. The van der Waals surface area contributed by atoms with Crippen molar-refractivity contribution < 1.29 is 26.7 Å². The number of anilines is 2. The van der Waals surface area contributed by atoms with E-state index in [2.05, 4.69) is 25.3 Å². The summed E-state index contributed by atoms with van der Waals surface area (Å²) in [6.45, 7) is 1.10. The molecule has 2 fully saturated rings. The molecule has 3 aromatic heterocycles. The third-order valence-electron chi connectivity index (χ3n) is 7.84. The molecule has 14 heteroatoms. The van der Waals surface area contributed by atoms with Gasteiger partial charge in [0.15, 0.2) is 10.9 Å². The van der Waals surface area contributed by atoms with Gasteiger partial charge < -0.3 is 20.7 Å². The van der Waals surface area contributed by atoms with Crippen LogP contribution in [0, 0.1) is 11.6 Å². The minimum absolute atomic E-state index is 0.0571. The van der Waals surface area contributed by atoms with Crippen LogP contribution in [0.4, 0.5) is 32.9 Å². The lowest BCUT2D eigenvalue weighted by Gasteiger charge is -2.34. The first kappa shape index (κ1) is 27.7. The number of hydrogen-bond acceptors (Lipinski definition) is 9. The average Bonchev–Trinajstić information content (AvgIpc) is 3.54. The van der Waals surface area contributed by atoms with Crippen molar-refractivity contribution in [2.75, 3.05) is 30.3 Å². The number of hydrogen-bond donors (Lipinski definition) is 2. The van der Waals surface area contributed by atoms with Crippen molar-refractivity contribution in [2.24, 2.45) is 0 Å². The first-order chi connectivity index (χ1) is 20.7. The molecule has 0 radical (unpaired) electrons. The van der Waals surface area contributed by atoms with E-state index in [0.717, 1.165) is 47.9 Å². The van der Waals surface area contributed by atoms with Gasteiger partial charge in [-0.25, -0.2) is 13.8 Å². The van der Waals surface area contributed by atoms with Gasteiger partial charge in [0.25, 0.3) is 0 Å². The molecule has 2 saturated heterocycles. The number of piperazine rings is 1. The molecule has 0 aliphatic carbocycles. The van der Waals surface area contributed by atoms with E-state index in [-0.39, 0.29) is 62.3 Å². The molecule has 2 unspecified atom stereocenters. The summed E-state index contributed by atoms with van der Waals surface area (Å²) in [6.07, 6.45) is 0.664. The van der Waals surface area contributed by atoms with Crippen LogP contribution >= 0.6 is 11.3 Å². The van der Waals surface area contributed by atoms with Crippen LogP contribution in [0.25, 0.3) is 32.2 Å². The highest BCUT2D eigenvalue weighted by Gasteiger charge is 2.39. The Morgan fingerprint density at radius 3 is 2.56 bits per heavy atom. The minimum atomic E-state index is -4.97. The van der Waals surface area contributed by atoms with Gasteiger partial charge in [-0.3, -0.25) is 4.98 Å². The number of nitrogens with one attached hydrogen (secondary N) is 1. The number of nitrogens with two attached hydrogens (primary N) is 1. The maximum absolute atomic E-state index is 16.6. The number of alkyl halides is 3. The van der Waals surface area contributed by atoms with Gasteiger partial charge in [0.05, 0.1) is 22.4 Å². The Hall–Kier alpha value is -4.17. The largest absolute Gasteiger partial charge is 0.463 e. The molecule has 0 amide bonds. The molecule has 8 nitrogen and oxygen atoms in total. The topological polar surface area (TPSA) is 102 Å². The Kier molecular flexibility index (Phi) is 6.77. The van der Waals surface area contributed by atoms with E-state index in [1.807, 2.05) is 11.0 Å². The van der Waals surface area contributed by atoms with E-state index in [9.17, 15) is 17.6 Å². The molecule has 3 N–H and O–H groups in total. The smallest absolute Gasteiger partial charge is 0.417 e. The molecule has 5 heterocycles. The van der Waals surface area contributed by atoms with E-state index in [1.54, 1.807) is 18.5 Å². The van der Waals surface area contributed by atoms with Crippen LogP contribution in [0.1, 0.15) is 24.0 Å². The number of pyridine rings is 1. The number of halogens is 5. The quantitative estimate of drug-likeness (QED) is 0.234. The van der Waals surface area contributed by atoms with E-state index < -0.39 is 28.9 Å². The van der Waals surface area contributed by atoms with E-state index in [4.69, 9.17) is 10.5 Å². The highest BCUT2D eigenvalue weighted by atomic mass is 32.1. The van der Waals surface area contributed by atoms with Gasteiger partial charge in [0.2, 0.25) is 0 Å². The predicted octanol–water partition coefficient (Wildman–Crippen LogP) is 5.74. The van der Waals surface area contributed by atoms with Crippen LogP contribution in [-0.4, -0.2) is 51.7 Å². The molecule has 2 aromatic carbocycles.